The molecule has 0 unspecified atom stereocenters. The summed E-state index contributed by atoms with van der Waals surface area (Å²) in [5.74, 6) is 6.73. The molecule has 0 aliphatic heterocycles. The molecular weight excluding hydrogens is 509 g/mol. The molecule has 1 heterocycles. The third kappa shape index (κ3) is 7.66. The molecule has 5 N–H and O–H groups in total. The highest BCUT2D eigenvalue weighted by molar-refractivity contribution is 7.89. The van der Waals surface area contributed by atoms with Gasteiger partial charge in [-0.1, -0.05) is 19.6 Å². The van der Waals surface area contributed by atoms with Crippen molar-refractivity contribution in [3.05, 3.63) is 48.5 Å². The van der Waals surface area contributed by atoms with Crippen molar-refractivity contribution >= 4 is 32.7 Å². The average Bonchev–Trinajstić information content (AvgIpc) is 2.85. The molecule has 0 saturated heterocycles. The van der Waals surface area contributed by atoms with Crippen LogP contribution in [-0.2, 0) is 10.0 Å². The number of hydrogen-bond donors (Lipinski definition) is 4. The summed E-state index contributed by atoms with van der Waals surface area (Å²) in [5, 5.41) is 4.11. The molecule has 4 rings (SSSR count). The first kappa shape index (κ1) is 28.4. The van der Waals surface area contributed by atoms with E-state index in [1.807, 2.05) is 24.3 Å². The first-order valence-electron chi connectivity index (χ1n) is 11.5. The maximum Gasteiger partial charge on any atom is 0.573 e. The zero-order chi connectivity index (χ0) is 25.8. The molecule has 1 aromatic heterocycles. The Labute approximate surface area is 214 Å². The van der Waals surface area contributed by atoms with Crippen LogP contribution in [0.25, 0.3) is 10.9 Å². The van der Waals surface area contributed by atoms with E-state index in [-0.39, 0.29) is 24.8 Å². The number of alkyl halides is 3. The molecule has 2 aromatic carbocycles. The maximum atomic E-state index is 12.5. The minimum atomic E-state index is -4.83. The van der Waals surface area contributed by atoms with E-state index in [9.17, 15) is 21.6 Å². The van der Waals surface area contributed by atoms with Crippen molar-refractivity contribution in [3.63, 3.8) is 0 Å². The second-order valence-corrected chi connectivity index (χ2v) is 10.5. The number of nitrogens with zero attached hydrogens (tertiary/aromatic N) is 2. The topological polar surface area (TPSA) is 131 Å². The summed E-state index contributed by atoms with van der Waals surface area (Å²) in [6.45, 7) is 0.954. The Kier molecular flexibility index (Phi) is 9.16. The highest BCUT2D eigenvalue weighted by Crippen LogP contribution is 2.30. The van der Waals surface area contributed by atoms with E-state index in [2.05, 4.69) is 30.2 Å². The van der Waals surface area contributed by atoms with Crippen LogP contribution in [0, 0.1) is 11.8 Å². The van der Waals surface area contributed by atoms with Gasteiger partial charge in [0.1, 0.15) is 5.75 Å². The number of anilines is 2. The van der Waals surface area contributed by atoms with E-state index < -0.39 is 22.1 Å². The number of nitrogens with two attached hydrogens (primary N) is 1. The predicted octanol–water partition coefficient (Wildman–Crippen LogP) is 4.65. The number of halogens is 3. The molecule has 9 nitrogen and oxygen atoms in total. The molecule has 1 saturated carbocycles. The summed E-state index contributed by atoms with van der Waals surface area (Å²) in [6.07, 6.45) is -1.31. The number of sulfonamides is 1. The van der Waals surface area contributed by atoms with E-state index in [0.717, 1.165) is 60.9 Å². The molecule has 0 radical (unpaired) electrons. The molecule has 202 valence electrons. The zero-order valence-electron chi connectivity index (χ0n) is 19.3. The van der Waals surface area contributed by atoms with Crippen LogP contribution in [0.4, 0.5) is 24.9 Å². The first-order valence-corrected chi connectivity index (χ1v) is 12.9. The zero-order valence-corrected chi connectivity index (χ0v) is 20.1. The molecule has 37 heavy (non-hydrogen) atoms. The van der Waals surface area contributed by atoms with Gasteiger partial charge in [-0.3, -0.25) is 0 Å². The van der Waals surface area contributed by atoms with Crippen LogP contribution in [-0.4, -0.2) is 37.8 Å². The Bertz CT molecular complexity index is 1280. The molecule has 0 bridgehead atoms. The van der Waals surface area contributed by atoms with Gasteiger partial charge in [-0.05, 0) is 73.9 Å². The van der Waals surface area contributed by atoms with Gasteiger partial charge in [-0.2, -0.15) is 4.98 Å². The number of ether oxygens (including phenoxy) is 1. The average molecular weight is 541 g/mol. The smallest absolute Gasteiger partial charge is 0.406 e. The van der Waals surface area contributed by atoms with Gasteiger partial charge in [-0.15, -0.1) is 13.2 Å². The summed E-state index contributed by atoms with van der Waals surface area (Å²) in [4.78, 5) is 8.85. The van der Waals surface area contributed by atoms with Gasteiger partial charge in [0.25, 0.3) is 0 Å². The maximum absolute atomic E-state index is 12.5. The fourth-order valence-corrected chi connectivity index (χ4v) is 5.39. The van der Waals surface area contributed by atoms with Crippen molar-refractivity contribution < 1.29 is 26.3 Å². The monoisotopic (exact) mass is 540 g/mol. The highest BCUT2D eigenvalue weighted by atomic mass is 32.2. The Balaban J connectivity index is 0.00000380. The summed E-state index contributed by atoms with van der Waals surface area (Å²) < 4.78 is 68.2. The third-order valence-electron chi connectivity index (χ3n) is 6.18. The lowest BCUT2D eigenvalue weighted by Gasteiger charge is -2.28. The number of benzene rings is 2. The van der Waals surface area contributed by atoms with Crippen molar-refractivity contribution in [3.8, 4) is 5.75 Å². The summed E-state index contributed by atoms with van der Waals surface area (Å²) in [5.41, 5.74) is 3.38. The molecule has 1 aliphatic rings. The fraction of sp³-hybridized carbons (Fsp3) is 0.417. The van der Waals surface area contributed by atoms with Crippen molar-refractivity contribution in [1.82, 2.24) is 14.7 Å². The molecule has 13 heteroatoms. The van der Waals surface area contributed by atoms with E-state index in [1.165, 1.54) is 0 Å². The van der Waals surface area contributed by atoms with Crippen LogP contribution >= 0.6 is 0 Å². The van der Waals surface area contributed by atoms with Crippen molar-refractivity contribution in [2.75, 3.05) is 23.8 Å². The number of aromatic nitrogens is 2. The van der Waals surface area contributed by atoms with Crippen LogP contribution < -0.4 is 26.0 Å². The SMILES string of the molecule is C.NNc1nc(NCC2CCC(CNS(=O)(=O)c3ccc(OC(F)(F)F)cc3)CC2)nc2ccccc12. The number of hydrogen-bond acceptors (Lipinski definition) is 8. The van der Waals surface area contributed by atoms with Gasteiger partial charge in [0.2, 0.25) is 16.0 Å². The second kappa shape index (κ2) is 11.9. The minimum Gasteiger partial charge on any atom is -0.406 e. The molecule has 1 aliphatic carbocycles. The van der Waals surface area contributed by atoms with E-state index in [4.69, 9.17) is 5.84 Å². The number of nitrogens with one attached hydrogen (secondary N) is 3. The molecule has 3 aromatic rings. The standard InChI is InChI=1S/C23H27F3N6O3S.CH4/c24-23(25,26)35-17-9-11-18(12-10-17)36(33,34)29-14-16-7-5-15(6-8-16)13-28-22-30-20-4-2-1-3-19(20)21(31-22)32-27;/h1-4,9-12,15-16,29H,5-8,13-14,27H2,(H2,28,30,31,32);1H4. The highest BCUT2D eigenvalue weighted by Gasteiger charge is 2.31. The Morgan fingerprint density at radius 3 is 2.19 bits per heavy atom. The molecule has 0 spiro atoms. The first-order chi connectivity index (χ1) is 17.1. The summed E-state index contributed by atoms with van der Waals surface area (Å²) >= 11 is 0. The third-order valence-corrected chi connectivity index (χ3v) is 7.62. The van der Waals surface area contributed by atoms with Gasteiger partial charge in [0.05, 0.1) is 10.4 Å². The van der Waals surface area contributed by atoms with Crippen LogP contribution in [0.15, 0.2) is 53.4 Å². The van der Waals surface area contributed by atoms with Crippen LogP contribution in [0.5, 0.6) is 5.75 Å². The Morgan fingerprint density at radius 1 is 0.946 bits per heavy atom. The quantitative estimate of drug-likeness (QED) is 0.228. The largest absolute Gasteiger partial charge is 0.573 e. The lowest BCUT2D eigenvalue weighted by atomic mass is 9.82. The summed E-state index contributed by atoms with van der Waals surface area (Å²) in [7, 11) is -3.84. The second-order valence-electron chi connectivity index (χ2n) is 8.70. The van der Waals surface area contributed by atoms with Crippen molar-refractivity contribution in [2.45, 2.75) is 44.4 Å². The number of para-hydroxylation sites is 1. The lowest BCUT2D eigenvalue weighted by molar-refractivity contribution is -0.274. The lowest BCUT2D eigenvalue weighted by Crippen LogP contribution is -2.32. The van der Waals surface area contributed by atoms with Crippen molar-refractivity contribution in [1.29, 1.82) is 0 Å². The molecular formula is C24H31F3N6O3S. The van der Waals surface area contributed by atoms with Gasteiger partial charge in [0, 0.05) is 18.5 Å². The van der Waals surface area contributed by atoms with Crippen LogP contribution in [0.1, 0.15) is 33.1 Å². The van der Waals surface area contributed by atoms with E-state index in [0.29, 0.717) is 24.2 Å². The Morgan fingerprint density at radius 2 is 1.57 bits per heavy atom. The predicted molar refractivity (Wildman–Crippen MR) is 136 cm³/mol. The Hall–Kier alpha value is -3.16. The van der Waals surface area contributed by atoms with E-state index in [1.54, 1.807) is 0 Å². The molecule has 1 fully saturated rings. The molecule has 0 atom stereocenters. The van der Waals surface area contributed by atoms with Crippen molar-refractivity contribution in [2.24, 2.45) is 17.7 Å². The minimum absolute atomic E-state index is 0. The van der Waals surface area contributed by atoms with Gasteiger partial charge in [0.15, 0.2) is 5.82 Å². The fourth-order valence-electron chi connectivity index (χ4n) is 4.27. The van der Waals surface area contributed by atoms with E-state index >= 15 is 0 Å². The molecule has 0 amide bonds. The van der Waals surface area contributed by atoms with Gasteiger partial charge >= 0.3 is 6.36 Å². The number of nitrogen functional groups attached to an aromatic ring is 1. The van der Waals surface area contributed by atoms with Gasteiger partial charge < -0.3 is 15.5 Å². The van der Waals surface area contributed by atoms with Crippen LogP contribution in [0.2, 0.25) is 0 Å². The summed E-state index contributed by atoms with van der Waals surface area (Å²) in [6, 6.07) is 11.7. The number of fused-ring (bicyclic) bond motifs is 1. The van der Waals surface area contributed by atoms with Gasteiger partial charge in [-0.25, -0.2) is 24.0 Å². The normalized spacial score (nSPS) is 18.2. The number of rotatable bonds is 9. The van der Waals surface area contributed by atoms with Crippen LogP contribution in [0.3, 0.4) is 0 Å². The number of hydrazine groups is 1.